The van der Waals surface area contributed by atoms with Crippen LogP contribution in [0.5, 0.6) is 0 Å². The summed E-state index contributed by atoms with van der Waals surface area (Å²) < 4.78 is 0. The smallest absolute Gasteiger partial charge is 0.262 e. The van der Waals surface area contributed by atoms with Crippen LogP contribution in [0.25, 0.3) is 0 Å². The number of nitrogens with zero attached hydrogens (tertiary/aromatic N) is 1. The van der Waals surface area contributed by atoms with Crippen molar-refractivity contribution in [2.24, 2.45) is 10.7 Å². The molecule has 0 fully saturated rings. The molecule has 1 aliphatic heterocycles. The molecule has 0 saturated carbocycles. The maximum Gasteiger partial charge on any atom is 0.262 e. The summed E-state index contributed by atoms with van der Waals surface area (Å²) in [6, 6.07) is 5.92. The van der Waals surface area contributed by atoms with Gasteiger partial charge in [0.1, 0.15) is 5.25 Å². The largest absolute Gasteiger partial charge is 0.378 e. The fraction of sp³-hybridized carbons (Fsp3) is 0.400. The second kappa shape index (κ2) is 5.40. The van der Waals surface area contributed by atoms with Gasteiger partial charge in [-0.05, 0) is 42.9 Å². The fourth-order valence-electron chi connectivity index (χ4n) is 2.73. The van der Waals surface area contributed by atoms with Crippen molar-refractivity contribution in [2.45, 2.75) is 37.4 Å². The number of aryl methyl sites for hydroxylation is 2. The number of ketones is 1. The molecule has 2 aliphatic rings. The van der Waals surface area contributed by atoms with Gasteiger partial charge < -0.3 is 5.73 Å². The zero-order chi connectivity index (χ0) is 14.1. The molecule has 0 aromatic heterocycles. The molecule has 104 valence electrons. The number of hydrogen-bond donors (Lipinski definition) is 1. The molecule has 4 nitrogen and oxygen atoms in total. The van der Waals surface area contributed by atoms with Gasteiger partial charge in [-0.15, -0.1) is 0 Å². The van der Waals surface area contributed by atoms with Gasteiger partial charge >= 0.3 is 0 Å². The molecular weight excluding hydrogens is 272 g/mol. The fourth-order valence-corrected chi connectivity index (χ4v) is 3.55. The van der Waals surface area contributed by atoms with Crippen molar-refractivity contribution in [2.75, 3.05) is 0 Å². The molecule has 5 heteroatoms. The van der Waals surface area contributed by atoms with Gasteiger partial charge in [0.2, 0.25) is 0 Å². The molecule has 0 radical (unpaired) electrons. The Bertz CT molecular complexity index is 610. The summed E-state index contributed by atoms with van der Waals surface area (Å²) in [6.07, 6.45) is 4.73. The molecule has 20 heavy (non-hydrogen) atoms. The average molecular weight is 288 g/mol. The zero-order valence-electron chi connectivity index (χ0n) is 11.1. The van der Waals surface area contributed by atoms with Crippen LogP contribution in [-0.4, -0.2) is 22.1 Å². The number of carbonyl (C=O) groups excluding carboxylic acids is 2. The molecule has 1 aromatic rings. The van der Waals surface area contributed by atoms with E-state index >= 15 is 0 Å². The first kappa shape index (κ1) is 13.4. The molecule has 2 N–H and O–H groups in total. The minimum Gasteiger partial charge on any atom is -0.378 e. The van der Waals surface area contributed by atoms with Gasteiger partial charge in [0, 0.05) is 12.0 Å². The van der Waals surface area contributed by atoms with Gasteiger partial charge in [0.05, 0.1) is 0 Å². The highest BCUT2D eigenvalue weighted by Crippen LogP contribution is 2.26. The van der Waals surface area contributed by atoms with Crippen molar-refractivity contribution in [3.8, 4) is 0 Å². The molecule has 3 rings (SSSR count). The predicted molar refractivity (Wildman–Crippen MR) is 80.0 cm³/mol. The number of aliphatic imine (C=N–C) groups is 1. The van der Waals surface area contributed by atoms with Crippen molar-refractivity contribution in [3.63, 3.8) is 0 Å². The lowest BCUT2D eigenvalue weighted by atomic mass is 9.89. The molecule has 0 saturated heterocycles. The highest BCUT2D eigenvalue weighted by molar-refractivity contribution is 8.15. The van der Waals surface area contributed by atoms with Crippen molar-refractivity contribution >= 4 is 28.6 Å². The van der Waals surface area contributed by atoms with Crippen LogP contribution in [0, 0.1) is 0 Å². The van der Waals surface area contributed by atoms with Crippen LogP contribution >= 0.6 is 11.8 Å². The molecule has 1 heterocycles. The van der Waals surface area contributed by atoms with Crippen LogP contribution < -0.4 is 5.73 Å². The number of nitrogens with two attached hydrogens (primary N) is 1. The van der Waals surface area contributed by atoms with Gasteiger partial charge in [-0.1, -0.05) is 23.9 Å². The summed E-state index contributed by atoms with van der Waals surface area (Å²) in [4.78, 5) is 27.5. The average Bonchev–Trinajstić information content (AvgIpc) is 2.76. The lowest BCUT2D eigenvalue weighted by molar-refractivity contribution is -0.117. The van der Waals surface area contributed by atoms with E-state index in [4.69, 9.17) is 5.73 Å². The molecule has 1 amide bonds. The lowest BCUT2D eigenvalue weighted by Crippen LogP contribution is -2.17. The van der Waals surface area contributed by atoms with Gasteiger partial charge in [0.25, 0.3) is 5.91 Å². The Hall–Kier alpha value is -1.62. The molecular formula is C15H16N2O2S. The maximum atomic E-state index is 12.3. The Morgan fingerprint density at radius 3 is 2.75 bits per heavy atom. The number of thioether (sulfide) groups is 1. The molecule has 0 spiro atoms. The van der Waals surface area contributed by atoms with E-state index in [2.05, 4.69) is 11.1 Å². The zero-order valence-corrected chi connectivity index (χ0v) is 11.9. The van der Waals surface area contributed by atoms with E-state index in [-0.39, 0.29) is 23.3 Å². The van der Waals surface area contributed by atoms with Gasteiger partial charge in [-0.25, -0.2) is 0 Å². The highest BCUT2D eigenvalue weighted by atomic mass is 32.2. The van der Waals surface area contributed by atoms with E-state index in [0.29, 0.717) is 5.56 Å². The molecule has 0 unspecified atom stereocenters. The quantitative estimate of drug-likeness (QED) is 0.864. The Morgan fingerprint density at radius 2 is 2.05 bits per heavy atom. The Labute approximate surface area is 121 Å². The molecule has 1 aliphatic carbocycles. The first-order valence-electron chi connectivity index (χ1n) is 6.83. The third-order valence-corrected chi connectivity index (χ3v) is 4.79. The van der Waals surface area contributed by atoms with Crippen molar-refractivity contribution < 1.29 is 9.59 Å². The number of rotatable bonds is 3. The SMILES string of the molecule is NC1=NC(=O)[C@@H](CC(=O)c2ccc3c(c2)CCCC3)S1. The number of hydrogen-bond acceptors (Lipinski definition) is 4. The van der Waals surface area contributed by atoms with E-state index in [1.165, 1.54) is 35.7 Å². The second-order valence-electron chi connectivity index (χ2n) is 5.21. The van der Waals surface area contributed by atoms with E-state index in [1.54, 1.807) is 0 Å². The van der Waals surface area contributed by atoms with E-state index < -0.39 is 5.25 Å². The third kappa shape index (κ3) is 2.63. The Balaban J connectivity index is 1.73. The number of fused-ring (bicyclic) bond motifs is 1. The summed E-state index contributed by atoms with van der Waals surface area (Å²) >= 11 is 1.18. The topological polar surface area (TPSA) is 72.5 Å². The van der Waals surface area contributed by atoms with Crippen LogP contribution in [0.3, 0.4) is 0 Å². The minimum absolute atomic E-state index is 0.00544. The first-order valence-corrected chi connectivity index (χ1v) is 7.71. The van der Waals surface area contributed by atoms with Crippen LogP contribution in [-0.2, 0) is 17.6 Å². The molecule has 1 atom stereocenters. The van der Waals surface area contributed by atoms with Crippen molar-refractivity contribution in [1.82, 2.24) is 0 Å². The predicted octanol–water partition coefficient (Wildman–Crippen LogP) is 2.09. The monoisotopic (exact) mass is 288 g/mol. The molecule has 1 aromatic carbocycles. The van der Waals surface area contributed by atoms with Gasteiger partial charge in [-0.3, -0.25) is 9.59 Å². The van der Waals surface area contributed by atoms with E-state index in [1.807, 2.05) is 12.1 Å². The first-order chi connectivity index (χ1) is 9.63. The van der Waals surface area contributed by atoms with Crippen LogP contribution in [0.15, 0.2) is 23.2 Å². The third-order valence-electron chi connectivity index (χ3n) is 3.80. The number of amides is 1. The van der Waals surface area contributed by atoms with Crippen LogP contribution in [0.4, 0.5) is 0 Å². The van der Waals surface area contributed by atoms with Crippen LogP contribution in [0.2, 0.25) is 0 Å². The summed E-state index contributed by atoms with van der Waals surface area (Å²) in [5.41, 5.74) is 8.83. The maximum absolute atomic E-state index is 12.3. The summed E-state index contributed by atoms with van der Waals surface area (Å²) in [6.45, 7) is 0. The lowest BCUT2D eigenvalue weighted by Gasteiger charge is -2.16. The van der Waals surface area contributed by atoms with E-state index in [0.717, 1.165) is 12.8 Å². The number of amidine groups is 1. The molecule has 0 bridgehead atoms. The van der Waals surface area contributed by atoms with Crippen LogP contribution in [0.1, 0.15) is 40.7 Å². The Morgan fingerprint density at radius 1 is 1.30 bits per heavy atom. The number of carbonyl (C=O) groups is 2. The van der Waals surface area contributed by atoms with Crippen molar-refractivity contribution in [3.05, 3.63) is 34.9 Å². The van der Waals surface area contributed by atoms with Crippen molar-refractivity contribution in [1.29, 1.82) is 0 Å². The normalized spacial score (nSPS) is 21.5. The number of Topliss-reactive ketones (excluding diaryl/α,β-unsaturated/α-hetero) is 1. The highest BCUT2D eigenvalue weighted by Gasteiger charge is 2.29. The minimum atomic E-state index is -0.446. The van der Waals surface area contributed by atoms with E-state index in [9.17, 15) is 9.59 Å². The van der Waals surface area contributed by atoms with Gasteiger partial charge in [0.15, 0.2) is 11.0 Å². The number of benzene rings is 1. The second-order valence-corrected chi connectivity index (χ2v) is 6.44. The summed E-state index contributed by atoms with van der Waals surface area (Å²) in [5.74, 6) is -0.298. The summed E-state index contributed by atoms with van der Waals surface area (Å²) in [5, 5.41) is -0.184. The standard InChI is InChI=1S/C15H16N2O2S/c16-15-17-14(19)13(20-15)8-12(18)11-6-5-9-3-1-2-4-10(9)7-11/h5-7,13H,1-4,8H2,(H2,16,17,19)/t13-/m1/s1. The Kier molecular flexibility index (Phi) is 3.61. The summed E-state index contributed by atoms with van der Waals surface area (Å²) in [7, 11) is 0. The van der Waals surface area contributed by atoms with Gasteiger partial charge in [-0.2, -0.15) is 4.99 Å².